The molecular formula is C14H20N2O4S. The molecule has 0 amide bonds. The molecule has 1 fully saturated rings. The van der Waals surface area contributed by atoms with Crippen LogP contribution in [0.2, 0.25) is 0 Å². The van der Waals surface area contributed by atoms with Crippen molar-refractivity contribution in [3.05, 3.63) is 29.8 Å². The fraction of sp³-hybridized carbons (Fsp3) is 0.500. The van der Waals surface area contributed by atoms with E-state index in [1.54, 1.807) is 19.2 Å². The van der Waals surface area contributed by atoms with Gasteiger partial charge in [0.15, 0.2) is 0 Å². The smallest absolute Gasteiger partial charge is 0.339 e. The zero-order chi connectivity index (χ0) is 15.5. The molecule has 0 saturated carbocycles. The lowest BCUT2D eigenvalue weighted by Crippen LogP contribution is -2.44. The minimum absolute atomic E-state index is 0.00196. The Hall–Kier alpha value is -1.44. The SMILES string of the molecule is COC(=O)c1ccccc1S(=O)(=O)N(C)C1CCNCC1. The number of methoxy groups -OCH3 is 1. The number of esters is 1. The van der Waals surface area contributed by atoms with Gasteiger partial charge in [-0.3, -0.25) is 0 Å². The molecule has 1 aliphatic heterocycles. The Morgan fingerprint density at radius 3 is 2.52 bits per heavy atom. The zero-order valence-electron chi connectivity index (χ0n) is 12.2. The quantitative estimate of drug-likeness (QED) is 0.834. The van der Waals surface area contributed by atoms with Gasteiger partial charge in [-0.05, 0) is 38.1 Å². The average molecular weight is 312 g/mol. The van der Waals surface area contributed by atoms with Crippen molar-refractivity contribution in [2.75, 3.05) is 27.2 Å². The summed E-state index contributed by atoms with van der Waals surface area (Å²) >= 11 is 0. The van der Waals surface area contributed by atoms with E-state index in [-0.39, 0.29) is 16.5 Å². The Morgan fingerprint density at radius 2 is 1.90 bits per heavy atom. The van der Waals surface area contributed by atoms with Crippen molar-refractivity contribution in [3.8, 4) is 0 Å². The molecule has 1 heterocycles. The number of hydrogen-bond donors (Lipinski definition) is 1. The highest BCUT2D eigenvalue weighted by atomic mass is 32.2. The molecule has 0 spiro atoms. The third kappa shape index (κ3) is 3.25. The molecule has 2 rings (SSSR count). The molecule has 0 aliphatic carbocycles. The molecule has 0 aromatic heterocycles. The molecule has 0 bridgehead atoms. The van der Waals surface area contributed by atoms with Gasteiger partial charge in [0.25, 0.3) is 0 Å². The fourth-order valence-corrected chi connectivity index (χ4v) is 4.09. The summed E-state index contributed by atoms with van der Waals surface area (Å²) in [6.45, 7) is 1.59. The Morgan fingerprint density at radius 1 is 1.29 bits per heavy atom. The van der Waals surface area contributed by atoms with Gasteiger partial charge in [-0.2, -0.15) is 4.31 Å². The van der Waals surface area contributed by atoms with Crippen LogP contribution in [-0.4, -0.2) is 52.0 Å². The zero-order valence-corrected chi connectivity index (χ0v) is 13.0. The lowest BCUT2D eigenvalue weighted by atomic mass is 10.1. The Kier molecular flexibility index (Phi) is 4.97. The Bertz CT molecular complexity index is 609. The number of carbonyl (C=O) groups excluding carboxylic acids is 1. The van der Waals surface area contributed by atoms with Gasteiger partial charge in [0.2, 0.25) is 10.0 Å². The van der Waals surface area contributed by atoms with E-state index in [9.17, 15) is 13.2 Å². The number of benzene rings is 1. The van der Waals surface area contributed by atoms with E-state index in [1.807, 2.05) is 0 Å². The van der Waals surface area contributed by atoms with Gasteiger partial charge in [-0.15, -0.1) is 0 Å². The van der Waals surface area contributed by atoms with E-state index in [2.05, 4.69) is 10.1 Å². The summed E-state index contributed by atoms with van der Waals surface area (Å²) in [5, 5.41) is 3.20. The van der Waals surface area contributed by atoms with Crippen LogP contribution in [0.25, 0.3) is 0 Å². The van der Waals surface area contributed by atoms with Crippen LogP contribution in [0.1, 0.15) is 23.2 Å². The molecule has 6 nitrogen and oxygen atoms in total. The van der Waals surface area contributed by atoms with E-state index in [0.717, 1.165) is 25.9 Å². The highest BCUT2D eigenvalue weighted by Gasteiger charge is 2.31. The molecule has 1 aromatic rings. The molecule has 0 unspecified atom stereocenters. The van der Waals surface area contributed by atoms with Gasteiger partial charge in [-0.25, -0.2) is 13.2 Å². The number of rotatable bonds is 4. The molecule has 21 heavy (non-hydrogen) atoms. The predicted octanol–water partition coefficient (Wildman–Crippen LogP) is 0.846. The van der Waals surface area contributed by atoms with Gasteiger partial charge in [0, 0.05) is 13.1 Å². The van der Waals surface area contributed by atoms with E-state index in [1.165, 1.54) is 23.5 Å². The lowest BCUT2D eigenvalue weighted by Gasteiger charge is -2.31. The van der Waals surface area contributed by atoms with Gasteiger partial charge in [-0.1, -0.05) is 12.1 Å². The van der Waals surface area contributed by atoms with E-state index in [4.69, 9.17) is 0 Å². The lowest BCUT2D eigenvalue weighted by molar-refractivity contribution is 0.0596. The van der Waals surface area contributed by atoms with Crippen LogP contribution in [0.5, 0.6) is 0 Å². The van der Waals surface area contributed by atoms with Gasteiger partial charge in [0.05, 0.1) is 17.6 Å². The van der Waals surface area contributed by atoms with Crippen molar-refractivity contribution >= 4 is 16.0 Å². The van der Waals surface area contributed by atoms with Crippen LogP contribution in [-0.2, 0) is 14.8 Å². The first kappa shape index (κ1) is 15.9. The first-order valence-corrected chi connectivity index (χ1v) is 8.28. The fourth-order valence-electron chi connectivity index (χ4n) is 2.49. The second-order valence-corrected chi connectivity index (χ2v) is 6.96. The van der Waals surface area contributed by atoms with Crippen molar-refractivity contribution in [1.29, 1.82) is 0 Å². The van der Waals surface area contributed by atoms with Gasteiger partial charge >= 0.3 is 5.97 Å². The van der Waals surface area contributed by atoms with Gasteiger partial charge in [0.1, 0.15) is 0 Å². The molecule has 0 radical (unpaired) electrons. The van der Waals surface area contributed by atoms with Crippen LogP contribution >= 0.6 is 0 Å². The Balaban J connectivity index is 2.37. The summed E-state index contributed by atoms with van der Waals surface area (Å²) in [7, 11) is -0.912. The van der Waals surface area contributed by atoms with Crippen molar-refractivity contribution in [3.63, 3.8) is 0 Å². The van der Waals surface area contributed by atoms with Crippen LogP contribution in [0.3, 0.4) is 0 Å². The number of piperidine rings is 1. The van der Waals surface area contributed by atoms with E-state index < -0.39 is 16.0 Å². The number of nitrogens with one attached hydrogen (secondary N) is 1. The standard InChI is InChI=1S/C14H20N2O4S/c1-16(11-7-9-15-10-8-11)21(18,19)13-6-4-3-5-12(13)14(17)20-2/h3-6,11,15H,7-10H2,1-2H3. The van der Waals surface area contributed by atoms with Crippen molar-refractivity contribution in [2.24, 2.45) is 0 Å². The first-order chi connectivity index (χ1) is 9.98. The largest absolute Gasteiger partial charge is 0.465 e. The van der Waals surface area contributed by atoms with Crippen molar-refractivity contribution in [1.82, 2.24) is 9.62 Å². The molecule has 7 heteroatoms. The molecule has 1 aliphatic rings. The predicted molar refractivity (Wildman–Crippen MR) is 78.6 cm³/mol. The molecule has 116 valence electrons. The van der Waals surface area contributed by atoms with Crippen LogP contribution in [0.4, 0.5) is 0 Å². The Labute approximate surface area is 125 Å². The highest BCUT2D eigenvalue weighted by Crippen LogP contribution is 2.24. The second-order valence-electron chi connectivity index (χ2n) is 4.99. The summed E-state index contributed by atoms with van der Waals surface area (Å²) in [4.78, 5) is 11.8. The first-order valence-electron chi connectivity index (χ1n) is 6.84. The summed E-state index contributed by atoms with van der Waals surface area (Å²) in [6, 6.07) is 6.08. The van der Waals surface area contributed by atoms with E-state index in [0.29, 0.717) is 0 Å². The maximum Gasteiger partial charge on any atom is 0.339 e. The molecule has 1 N–H and O–H groups in total. The summed E-state index contributed by atoms with van der Waals surface area (Å²) in [5.41, 5.74) is 0.0702. The summed E-state index contributed by atoms with van der Waals surface area (Å²) < 4.78 is 31.6. The molecule has 1 aromatic carbocycles. The third-order valence-corrected chi connectivity index (χ3v) is 5.74. The minimum Gasteiger partial charge on any atom is -0.465 e. The van der Waals surface area contributed by atoms with Gasteiger partial charge < -0.3 is 10.1 Å². The van der Waals surface area contributed by atoms with Crippen molar-refractivity contribution < 1.29 is 17.9 Å². The third-order valence-electron chi connectivity index (χ3n) is 3.77. The van der Waals surface area contributed by atoms with Crippen LogP contribution < -0.4 is 5.32 Å². The topological polar surface area (TPSA) is 75.7 Å². The second kappa shape index (κ2) is 6.55. The molecule has 1 saturated heterocycles. The molecular weight excluding hydrogens is 292 g/mol. The average Bonchev–Trinajstić information content (AvgIpc) is 2.54. The monoisotopic (exact) mass is 312 g/mol. The van der Waals surface area contributed by atoms with Crippen LogP contribution in [0, 0.1) is 0 Å². The highest BCUT2D eigenvalue weighted by molar-refractivity contribution is 7.89. The molecule has 0 atom stereocenters. The van der Waals surface area contributed by atoms with Crippen molar-refractivity contribution in [2.45, 2.75) is 23.8 Å². The minimum atomic E-state index is -3.72. The number of nitrogens with zero attached hydrogens (tertiary/aromatic N) is 1. The normalized spacial score (nSPS) is 16.9. The summed E-state index contributed by atoms with van der Waals surface area (Å²) in [6.07, 6.45) is 1.52. The van der Waals surface area contributed by atoms with Crippen LogP contribution in [0.15, 0.2) is 29.2 Å². The summed E-state index contributed by atoms with van der Waals surface area (Å²) in [5.74, 6) is -0.645. The number of ether oxygens (including phenoxy) is 1. The maximum atomic E-state index is 12.8. The van der Waals surface area contributed by atoms with E-state index >= 15 is 0 Å². The number of sulfonamides is 1. The number of hydrogen-bond acceptors (Lipinski definition) is 5. The number of carbonyl (C=O) groups is 1. The maximum absolute atomic E-state index is 12.8.